The third kappa shape index (κ3) is 6.51. The summed E-state index contributed by atoms with van der Waals surface area (Å²) in [7, 11) is 0. The summed E-state index contributed by atoms with van der Waals surface area (Å²) < 4.78 is 13.5. The molecule has 0 heterocycles. The average molecular weight is 279 g/mol. The van der Waals surface area contributed by atoms with Crippen LogP contribution in [0.4, 0.5) is 4.39 Å². The van der Waals surface area contributed by atoms with E-state index >= 15 is 0 Å². The fourth-order valence-corrected chi connectivity index (χ4v) is 2.58. The smallest absolute Gasteiger partial charge is 0.129 e. The molecule has 0 unspecified atom stereocenters. The Bertz CT molecular complexity index is 364. The summed E-state index contributed by atoms with van der Waals surface area (Å²) >= 11 is 0. The van der Waals surface area contributed by atoms with Crippen molar-refractivity contribution in [3.05, 3.63) is 34.6 Å². The van der Waals surface area contributed by atoms with E-state index in [9.17, 15) is 4.39 Å². The lowest BCUT2D eigenvalue weighted by Crippen LogP contribution is -2.15. The van der Waals surface area contributed by atoms with Crippen molar-refractivity contribution in [1.29, 1.82) is 0 Å². The molecule has 2 heteroatoms. The van der Waals surface area contributed by atoms with Crippen LogP contribution in [0.15, 0.2) is 12.1 Å². The van der Waals surface area contributed by atoms with E-state index in [-0.39, 0.29) is 5.82 Å². The molecule has 0 aromatic heterocycles. The van der Waals surface area contributed by atoms with Gasteiger partial charge < -0.3 is 5.32 Å². The Kier molecular flexibility index (Phi) is 8.52. The van der Waals surface area contributed by atoms with Gasteiger partial charge in [0, 0.05) is 6.54 Å². The molecular formula is C18H30FN. The number of hydrogen-bond donors (Lipinski definition) is 1. The normalized spacial score (nSPS) is 11.0. The lowest BCUT2D eigenvalue weighted by atomic mass is 10.1. The van der Waals surface area contributed by atoms with E-state index in [1.54, 1.807) is 0 Å². The highest BCUT2D eigenvalue weighted by Gasteiger charge is 2.03. The van der Waals surface area contributed by atoms with E-state index in [1.807, 2.05) is 26.0 Å². The zero-order chi connectivity index (χ0) is 14.8. The van der Waals surface area contributed by atoms with Crippen LogP contribution in [0.5, 0.6) is 0 Å². The van der Waals surface area contributed by atoms with Gasteiger partial charge in [0.1, 0.15) is 5.82 Å². The number of halogens is 1. The van der Waals surface area contributed by atoms with Gasteiger partial charge in [-0.2, -0.15) is 0 Å². The van der Waals surface area contributed by atoms with Gasteiger partial charge in [0.15, 0.2) is 0 Å². The highest BCUT2D eigenvalue weighted by molar-refractivity contribution is 5.30. The number of rotatable bonds is 10. The molecule has 0 bridgehead atoms. The van der Waals surface area contributed by atoms with Gasteiger partial charge in [0.2, 0.25) is 0 Å². The Morgan fingerprint density at radius 2 is 1.45 bits per heavy atom. The van der Waals surface area contributed by atoms with Crippen molar-refractivity contribution in [2.24, 2.45) is 0 Å². The van der Waals surface area contributed by atoms with Gasteiger partial charge in [0.25, 0.3) is 0 Å². The SMILES string of the molecule is CCCCCCCCCNCc1cc(C)c(F)c(C)c1. The zero-order valence-corrected chi connectivity index (χ0v) is 13.4. The number of unbranched alkanes of at least 4 members (excludes halogenated alkanes) is 6. The lowest BCUT2D eigenvalue weighted by molar-refractivity contribution is 0.561. The van der Waals surface area contributed by atoms with Crippen LogP contribution < -0.4 is 5.32 Å². The summed E-state index contributed by atoms with van der Waals surface area (Å²) in [6.45, 7) is 7.83. The molecule has 1 aromatic rings. The monoisotopic (exact) mass is 279 g/mol. The largest absolute Gasteiger partial charge is 0.313 e. The van der Waals surface area contributed by atoms with Crippen LogP contribution in [-0.4, -0.2) is 6.54 Å². The van der Waals surface area contributed by atoms with Crippen LogP contribution in [-0.2, 0) is 6.54 Å². The second-order valence-corrected chi connectivity index (χ2v) is 5.84. The zero-order valence-electron chi connectivity index (χ0n) is 13.4. The molecule has 0 saturated heterocycles. The van der Waals surface area contributed by atoms with Crippen molar-refractivity contribution >= 4 is 0 Å². The van der Waals surface area contributed by atoms with Crippen LogP contribution >= 0.6 is 0 Å². The van der Waals surface area contributed by atoms with Crippen LogP contribution in [0.25, 0.3) is 0 Å². The molecule has 0 spiro atoms. The number of nitrogens with one attached hydrogen (secondary N) is 1. The number of benzene rings is 1. The first kappa shape index (κ1) is 17.2. The molecule has 0 aliphatic rings. The second kappa shape index (κ2) is 9.93. The minimum absolute atomic E-state index is 0.0687. The quantitative estimate of drug-likeness (QED) is 0.574. The Balaban J connectivity index is 2.10. The Morgan fingerprint density at radius 1 is 0.900 bits per heavy atom. The lowest BCUT2D eigenvalue weighted by Gasteiger charge is -2.08. The highest BCUT2D eigenvalue weighted by Crippen LogP contribution is 2.14. The molecule has 0 aliphatic heterocycles. The Labute approximate surface area is 124 Å². The minimum atomic E-state index is -0.0687. The summed E-state index contributed by atoms with van der Waals surface area (Å²) in [4.78, 5) is 0. The van der Waals surface area contributed by atoms with E-state index in [0.717, 1.165) is 24.2 Å². The molecule has 0 fully saturated rings. The molecule has 20 heavy (non-hydrogen) atoms. The van der Waals surface area contributed by atoms with Crippen LogP contribution in [0, 0.1) is 19.7 Å². The maximum Gasteiger partial charge on any atom is 0.129 e. The van der Waals surface area contributed by atoms with Crippen LogP contribution in [0.1, 0.15) is 68.6 Å². The molecule has 1 rings (SSSR count). The third-order valence-electron chi connectivity index (χ3n) is 3.78. The molecule has 1 N–H and O–H groups in total. The van der Waals surface area contributed by atoms with Gasteiger partial charge in [-0.1, -0.05) is 57.6 Å². The molecule has 0 saturated carbocycles. The van der Waals surface area contributed by atoms with Gasteiger partial charge in [0.05, 0.1) is 0 Å². The molecule has 114 valence electrons. The number of aryl methyl sites for hydroxylation is 2. The van der Waals surface area contributed by atoms with Crippen LogP contribution in [0.3, 0.4) is 0 Å². The van der Waals surface area contributed by atoms with E-state index in [0.29, 0.717) is 0 Å². The highest BCUT2D eigenvalue weighted by atomic mass is 19.1. The molecule has 0 amide bonds. The molecule has 0 atom stereocenters. The van der Waals surface area contributed by atoms with Crippen molar-refractivity contribution in [3.63, 3.8) is 0 Å². The average Bonchev–Trinajstić information content (AvgIpc) is 2.43. The first-order valence-electron chi connectivity index (χ1n) is 8.11. The standard InChI is InChI=1S/C18H30FN/c1-4-5-6-7-8-9-10-11-20-14-17-12-15(2)18(19)16(3)13-17/h12-13,20H,4-11,14H2,1-3H3. The molecule has 0 radical (unpaired) electrons. The summed E-state index contributed by atoms with van der Waals surface area (Å²) in [6.07, 6.45) is 9.38. The molecule has 1 nitrogen and oxygen atoms in total. The summed E-state index contributed by atoms with van der Waals surface area (Å²) in [6, 6.07) is 3.89. The predicted molar refractivity (Wildman–Crippen MR) is 85.6 cm³/mol. The van der Waals surface area contributed by atoms with Gasteiger partial charge in [-0.05, 0) is 43.5 Å². The maximum absolute atomic E-state index is 13.5. The van der Waals surface area contributed by atoms with E-state index in [2.05, 4.69) is 12.2 Å². The first-order valence-corrected chi connectivity index (χ1v) is 8.11. The van der Waals surface area contributed by atoms with Gasteiger partial charge >= 0.3 is 0 Å². The first-order chi connectivity index (χ1) is 9.65. The van der Waals surface area contributed by atoms with Crippen LogP contribution in [0.2, 0.25) is 0 Å². The summed E-state index contributed by atoms with van der Waals surface area (Å²) in [5, 5.41) is 3.46. The maximum atomic E-state index is 13.5. The van der Waals surface area contributed by atoms with Crippen molar-refractivity contribution in [3.8, 4) is 0 Å². The molecule has 0 aliphatic carbocycles. The molecular weight excluding hydrogens is 249 g/mol. The van der Waals surface area contributed by atoms with Crippen molar-refractivity contribution in [2.75, 3.05) is 6.54 Å². The fraction of sp³-hybridized carbons (Fsp3) is 0.667. The second-order valence-electron chi connectivity index (χ2n) is 5.84. The van der Waals surface area contributed by atoms with Crippen molar-refractivity contribution < 1.29 is 4.39 Å². The third-order valence-corrected chi connectivity index (χ3v) is 3.78. The van der Waals surface area contributed by atoms with Gasteiger partial charge in [-0.25, -0.2) is 4.39 Å². The predicted octanol–water partition coefficient (Wildman–Crippen LogP) is 5.28. The van der Waals surface area contributed by atoms with Crippen molar-refractivity contribution in [1.82, 2.24) is 5.32 Å². The van der Waals surface area contributed by atoms with Crippen molar-refractivity contribution in [2.45, 2.75) is 72.3 Å². The Hall–Kier alpha value is -0.890. The van der Waals surface area contributed by atoms with E-state index in [4.69, 9.17) is 0 Å². The van der Waals surface area contributed by atoms with Gasteiger partial charge in [-0.15, -0.1) is 0 Å². The topological polar surface area (TPSA) is 12.0 Å². The Morgan fingerprint density at radius 3 is 2.05 bits per heavy atom. The summed E-state index contributed by atoms with van der Waals surface area (Å²) in [5.74, 6) is -0.0687. The molecule has 1 aromatic carbocycles. The van der Waals surface area contributed by atoms with E-state index < -0.39 is 0 Å². The minimum Gasteiger partial charge on any atom is -0.313 e. The van der Waals surface area contributed by atoms with E-state index in [1.165, 1.54) is 50.5 Å². The fourth-order valence-electron chi connectivity index (χ4n) is 2.58. The number of hydrogen-bond acceptors (Lipinski definition) is 1. The summed E-state index contributed by atoms with van der Waals surface area (Å²) in [5.41, 5.74) is 2.68. The van der Waals surface area contributed by atoms with Gasteiger partial charge in [-0.3, -0.25) is 0 Å².